The molecule has 0 fully saturated rings. The number of allylic oxidation sites excluding steroid dienone is 5. The second-order valence-corrected chi connectivity index (χ2v) is 3.79. The van der Waals surface area contributed by atoms with Gasteiger partial charge in [-0.1, -0.05) is 24.6 Å². The van der Waals surface area contributed by atoms with Gasteiger partial charge in [0.2, 0.25) is 0 Å². The lowest BCUT2D eigenvalue weighted by molar-refractivity contribution is 1.05. The maximum Gasteiger partial charge on any atom is -0.0346 e. The van der Waals surface area contributed by atoms with Crippen LogP contribution in [0, 0.1) is 0 Å². The van der Waals surface area contributed by atoms with Gasteiger partial charge in [-0.2, -0.15) is 0 Å². The zero-order valence-corrected chi connectivity index (χ0v) is 9.91. The van der Waals surface area contributed by atoms with E-state index in [0.29, 0.717) is 0 Å². The summed E-state index contributed by atoms with van der Waals surface area (Å²) in [5.41, 5.74) is 6.76. The van der Waals surface area contributed by atoms with Crippen molar-refractivity contribution in [2.24, 2.45) is 0 Å². The van der Waals surface area contributed by atoms with Crippen LogP contribution in [0.25, 0.3) is 0 Å². The van der Waals surface area contributed by atoms with E-state index in [2.05, 4.69) is 48.1 Å². The molecule has 0 aliphatic heterocycles. The normalized spacial score (nSPS) is 14.9. The average Bonchev–Trinajstić information content (AvgIpc) is 2.12. The van der Waals surface area contributed by atoms with Crippen LogP contribution < -0.4 is 0 Å². The van der Waals surface area contributed by atoms with Crippen molar-refractivity contribution in [1.29, 1.82) is 0 Å². The highest BCUT2D eigenvalue weighted by Gasteiger charge is 2.02. The van der Waals surface area contributed by atoms with Crippen molar-refractivity contribution in [3.63, 3.8) is 0 Å². The zero-order valence-electron chi connectivity index (χ0n) is 9.91. The Morgan fingerprint density at radius 1 is 0.846 bits per heavy atom. The maximum atomic E-state index is 3.96. The van der Waals surface area contributed by atoms with Crippen molar-refractivity contribution in [2.75, 3.05) is 0 Å². The highest BCUT2D eigenvalue weighted by Crippen LogP contribution is 2.22. The summed E-state index contributed by atoms with van der Waals surface area (Å²) in [5, 5.41) is 0. The first-order valence-corrected chi connectivity index (χ1v) is 4.91. The van der Waals surface area contributed by atoms with Crippen LogP contribution in [-0.2, 0) is 0 Å². The lowest BCUT2D eigenvalue weighted by Gasteiger charge is -2.11. The molecule has 0 nitrogen and oxygen atoms in total. The Balaban J connectivity index is 5.10. The summed E-state index contributed by atoms with van der Waals surface area (Å²) in [5.74, 6) is 0. The summed E-state index contributed by atoms with van der Waals surface area (Å²) in [6.07, 6.45) is 1.13. The van der Waals surface area contributed by atoms with Crippen LogP contribution in [0.4, 0.5) is 0 Å². The molecule has 0 saturated carbocycles. The molecule has 0 heteroatoms. The molecule has 0 saturated heterocycles. The lowest BCUT2D eigenvalue weighted by atomic mass is 9.95. The van der Waals surface area contributed by atoms with Gasteiger partial charge in [-0.3, -0.25) is 0 Å². The van der Waals surface area contributed by atoms with Gasteiger partial charge in [0, 0.05) is 0 Å². The molecular weight excluding hydrogens is 156 g/mol. The molecule has 0 bridgehead atoms. The Hall–Kier alpha value is -0.780. The molecule has 0 aliphatic carbocycles. The monoisotopic (exact) mass is 178 g/mol. The number of rotatable bonds is 3. The van der Waals surface area contributed by atoms with Crippen molar-refractivity contribution in [3.8, 4) is 0 Å². The topological polar surface area (TPSA) is 0 Å². The third-order valence-corrected chi connectivity index (χ3v) is 2.94. The summed E-state index contributed by atoms with van der Waals surface area (Å²) in [4.78, 5) is 0. The molecule has 0 spiro atoms. The van der Waals surface area contributed by atoms with Crippen LogP contribution in [0.1, 0.15) is 48.0 Å². The van der Waals surface area contributed by atoms with Crippen LogP contribution in [0.2, 0.25) is 0 Å². The first kappa shape index (κ1) is 12.2. The van der Waals surface area contributed by atoms with Crippen molar-refractivity contribution in [3.05, 3.63) is 34.4 Å². The van der Waals surface area contributed by atoms with Gasteiger partial charge in [-0.15, -0.1) is 0 Å². The number of hydrogen-bond donors (Lipinski definition) is 0. The van der Waals surface area contributed by atoms with E-state index in [-0.39, 0.29) is 0 Å². The molecule has 0 aromatic heterocycles. The molecule has 13 heavy (non-hydrogen) atoms. The van der Waals surface area contributed by atoms with E-state index in [1.807, 2.05) is 0 Å². The molecule has 74 valence electrons. The predicted octanol–water partition coefficient (Wildman–Crippen LogP) is 4.65. The van der Waals surface area contributed by atoms with E-state index < -0.39 is 0 Å². The number of hydrogen-bond acceptors (Lipinski definition) is 0. The standard InChI is InChI=1S/C13H22/c1-8-10(4)12(6)13(7)11(5)9(2)3/h2,8H2,1,3-7H3/b12-10-,13-11-. The Morgan fingerprint density at radius 2 is 1.31 bits per heavy atom. The Bertz CT molecular complexity index is 262. The molecule has 0 aromatic rings. The molecule has 0 heterocycles. The van der Waals surface area contributed by atoms with E-state index in [1.54, 1.807) is 0 Å². The van der Waals surface area contributed by atoms with Gasteiger partial charge in [0.1, 0.15) is 0 Å². The lowest BCUT2D eigenvalue weighted by Crippen LogP contribution is -1.90. The Labute approximate surface area is 83.0 Å². The summed E-state index contributed by atoms with van der Waals surface area (Å²) in [6, 6.07) is 0. The van der Waals surface area contributed by atoms with Gasteiger partial charge in [-0.25, -0.2) is 0 Å². The van der Waals surface area contributed by atoms with E-state index in [9.17, 15) is 0 Å². The molecule has 0 unspecified atom stereocenters. The fourth-order valence-corrected chi connectivity index (χ4v) is 1.19. The fraction of sp³-hybridized carbons (Fsp3) is 0.538. The third-order valence-electron chi connectivity index (χ3n) is 2.94. The van der Waals surface area contributed by atoms with Crippen molar-refractivity contribution in [1.82, 2.24) is 0 Å². The van der Waals surface area contributed by atoms with Crippen molar-refractivity contribution >= 4 is 0 Å². The molecule has 0 rings (SSSR count). The van der Waals surface area contributed by atoms with Crippen LogP contribution in [0.3, 0.4) is 0 Å². The Morgan fingerprint density at radius 3 is 1.62 bits per heavy atom. The fourth-order valence-electron chi connectivity index (χ4n) is 1.19. The van der Waals surface area contributed by atoms with E-state index in [1.165, 1.54) is 27.9 Å². The van der Waals surface area contributed by atoms with Gasteiger partial charge in [0.05, 0.1) is 0 Å². The smallest absolute Gasteiger partial charge is 0.0346 e. The third kappa shape index (κ3) is 3.22. The van der Waals surface area contributed by atoms with E-state index in [4.69, 9.17) is 0 Å². The quantitative estimate of drug-likeness (QED) is 0.552. The minimum Gasteiger partial charge on any atom is -0.0958 e. The molecule has 0 aromatic carbocycles. The van der Waals surface area contributed by atoms with Crippen LogP contribution in [-0.4, -0.2) is 0 Å². The van der Waals surface area contributed by atoms with E-state index >= 15 is 0 Å². The Kier molecular flexibility index (Phi) is 4.76. The highest BCUT2D eigenvalue weighted by molar-refractivity contribution is 5.41. The van der Waals surface area contributed by atoms with Crippen LogP contribution >= 0.6 is 0 Å². The minimum atomic E-state index is 1.13. The van der Waals surface area contributed by atoms with E-state index in [0.717, 1.165) is 6.42 Å². The molecule has 0 N–H and O–H groups in total. The van der Waals surface area contributed by atoms with Gasteiger partial charge < -0.3 is 0 Å². The van der Waals surface area contributed by atoms with Gasteiger partial charge in [-0.05, 0) is 57.8 Å². The van der Waals surface area contributed by atoms with Crippen molar-refractivity contribution < 1.29 is 0 Å². The largest absolute Gasteiger partial charge is 0.0958 e. The molecule has 0 radical (unpaired) electrons. The molecule has 0 aliphatic rings. The predicted molar refractivity (Wildman–Crippen MR) is 61.9 cm³/mol. The van der Waals surface area contributed by atoms with Crippen LogP contribution in [0.5, 0.6) is 0 Å². The minimum absolute atomic E-state index is 1.13. The summed E-state index contributed by atoms with van der Waals surface area (Å²) in [7, 11) is 0. The van der Waals surface area contributed by atoms with Crippen LogP contribution in [0.15, 0.2) is 34.4 Å². The van der Waals surface area contributed by atoms with Gasteiger partial charge in [0.15, 0.2) is 0 Å². The SMILES string of the molecule is C=C(C)/C(C)=C(C)\C(C)=C(\C)CC. The molecule has 0 atom stereocenters. The summed E-state index contributed by atoms with van der Waals surface area (Å²) in [6.45, 7) is 16.9. The summed E-state index contributed by atoms with van der Waals surface area (Å²) < 4.78 is 0. The first-order chi connectivity index (χ1) is 5.91. The first-order valence-electron chi connectivity index (χ1n) is 4.91. The molecular formula is C13H22. The average molecular weight is 178 g/mol. The second-order valence-electron chi connectivity index (χ2n) is 3.79. The summed E-state index contributed by atoms with van der Waals surface area (Å²) >= 11 is 0. The van der Waals surface area contributed by atoms with Gasteiger partial charge in [0.25, 0.3) is 0 Å². The highest BCUT2D eigenvalue weighted by atomic mass is 14.1. The zero-order chi connectivity index (χ0) is 10.6. The molecule has 0 amide bonds. The van der Waals surface area contributed by atoms with Crippen molar-refractivity contribution in [2.45, 2.75) is 48.0 Å². The maximum absolute atomic E-state index is 3.96. The van der Waals surface area contributed by atoms with Gasteiger partial charge >= 0.3 is 0 Å². The second kappa shape index (κ2) is 5.06.